The molecule has 0 spiro atoms. The van der Waals surface area contributed by atoms with Gasteiger partial charge in [-0.15, -0.1) is 0 Å². The first kappa shape index (κ1) is 19.8. The molecule has 1 aliphatic rings. The van der Waals surface area contributed by atoms with E-state index in [1.807, 2.05) is 0 Å². The largest absolute Gasteiger partial charge is 0.356 e. The summed E-state index contributed by atoms with van der Waals surface area (Å²) in [5, 5.41) is 5.23. The van der Waals surface area contributed by atoms with Crippen LogP contribution in [0.5, 0.6) is 0 Å². The molecule has 1 aromatic rings. The highest BCUT2D eigenvalue weighted by atomic mass is 19.3. The number of halogens is 4. The van der Waals surface area contributed by atoms with Crippen molar-refractivity contribution in [2.45, 2.75) is 19.8 Å². The Hall–Kier alpha value is -2.57. The number of nitrogens with one attached hydrogen (secondary N) is 2. The molecular formula is C19H20F4N2O. The van der Waals surface area contributed by atoms with Gasteiger partial charge in [-0.25, -0.2) is 17.6 Å². The Morgan fingerprint density at radius 1 is 1.35 bits per heavy atom. The van der Waals surface area contributed by atoms with Crippen molar-refractivity contribution in [1.82, 2.24) is 5.32 Å². The SMILES string of the molecule is C=C(Nc1cccc(F)c1F)[C@H]1C(=O)NC[C@@H]1C(=C)/C=C(\C)C(C)(F)F. The summed E-state index contributed by atoms with van der Waals surface area (Å²) in [6.07, 6.45) is 1.24. The van der Waals surface area contributed by atoms with Crippen LogP contribution in [0.1, 0.15) is 13.8 Å². The number of benzene rings is 1. The molecule has 1 aliphatic heterocycles. The lowest BCUT2D eigenvalue weighted by atomic mass is 9.85. The Morgan fingerprint density at radius 2 is 2.00 bits per heavy atom. The summed E-state index contributed by atoms with van der Waals surface area (Å²) in [7, 11) is 0. The zero-order valence-electron chi connectivity index (χ0n) is 14.5. The number of hydrogen-bond donors (Lipinski definition) is 2. The monoisotopic (exact) mass is 368 g/mol. The van der Waals surface area contributed by atoms with Crippen LogP contribution in [0.3, 0.4) is 0 Å². The predicted octanol–water partition coefficient (Wildman–Crippen LogP) is 4.41. The van der Waals surface area contributed by atoms with Gasteiger partial charge in [0.05, 0.1) is 11.6 Å². The number of allylic oxidation sites excluding steroid dienone is 2. The number of carbonyl (C=O) groups excluding carboxylic acids is 1. The minimum Gasteiger partial charge on any atom is -0.356 e. The molecular weight excluding hydrogens is 348 g/mol. The molecule has 1 saturated heterocycles. The minimum atomic E-state index is -3.01. The van der Waals surface area contributed by atoms with Gasteiger partial charge >= 0.3 is 0 Å². The maximum atomic E-state index is 13.8. The summed E-state index contributed by atoms with van der Waals surface area (Å²) in [6, 6.07) is 3.59. The zero-order chi connectivity index (χ0) is 19.6. The lowest BCUT2D eigenvalue weighted by molar-refractivity contribution is -0.121. The molecule has 0 bridgehead atoms. The van der Waals surface area contributed by atoms with Crippen LogP contribution in [0.4, 0.5) is 23.2 Å². The summed E-state index contributed by atoms with van der Waals surface area (Å²) in [5.41, 5.74) is 0.112. The molecule has 1 fully saturated rings. The van der Waals surface area contributed by atoms with Crippen molar-refractivity contribution < 1.29 is 22.4 Å². The number of amides is 1. The van der Waals surface area contributed by atoms with Crippen molar-refractivity contribution in [2.75, 3.05) is 11.9 Å². The maximum Gasteiger partial charge on any atom is 0.266 e. The molecule has 1 amide bonds. The summed E-state index contributed by atoms with van der Waals surface area (Å²) in [6.45, 7) is 9.77. The first-order valence-electron chi connectivity index (χ1n) is 7.95. The van der Waals surface area contributed by atoms with E-state index in [1.54, 1.807) is 0 Å². The molecule has 0 aromatic heterocycles. The van der Waals surface area contributed by atoms with Crippen molar-refractivity contribution in [2.24, 2.45) is 11.8 Å². The van der Waals surface area contributed by atoms with Crippen LogP contribution in [0, 0.1) is 23.5 Å². The third kappa shape index (κ3) is 4.15. The molecule has 2 rings (SSSR count). The Kier molecular flexibility index (Phi) is 5.59. The number of rotatable bonds is 6. The molecule has 140 valence electrons. The fraction of sp³-hybridized carbons (Fsp3) is 0.316. The first-order valence-corrected chi connectivity index (χ1v) is 7.95. The Bertz CT molecular complexity index is 780. The molecule has 0 saturated carbocycles. The van der Waals surface area contributed by atoms with Gasteiger partial charge in [-0.05, 0) is 30.2 Å². The molecule has 7 heteroatoms. The van der Waals surface area contributed by atoms with Gasteiger partial charge < -0.3 is 10.6 Å². The molecule has 0 aliphatic carbocycles. The van der Waals surface area contributed by atoms with Gasteiger partial charge in [0.1, 0.15) is 0 Å². The number of anilines is 1. The standard InChI is InChI=1S/C19H20F4N2O/c1-10(8-11(2)19(4,22)23)13-9-24-18(26)16(13)12(3)25-15-7-5-6-14(20)17(15)21/h5-8,13,16,25H,1,3,9H2,2,4H3,(H,24,26)/b11-8+/t13-,16-/m1/s1. The quantitative estimate of drug-likeness (QED) is 0.577. The van der Waals surface area contributed by atoms with Crippen LogP contribution < -0.4 is 10.6 Å². The highest BCUT2D eigenvalue weighted by Gasteiger charge is 2.38. The van der Waals surface area contributed by atoms with Crippen LogP contribution >= 0.6 is 0 Å². The third-order valence-corrected chi connectivity index (χ3v) is 4.37. The van der Waals surface area contributed by atoms with Crippen LogP contribution in [0.15, 0.2) is 54.3 Å². The summed E-state index contributed by atoms with van der Waals surface area (Å²) < 4.78 is 53.9. The first-order chi connectivity index (χ1) is 12.0. The van der Waals surface area contributed by atoms with E-state index in [0.717, 1.165) is 13.0 Å². The van der Waals surface area contributed by atoms with Crippen LogP contribution in [-0.4, -0.2) is 18.4 Å². The van der Waals surface area contributed by atoms with Crippen LogP contribution in [0.2, 0.25) is 0 Å². The van der Waals surface area contributed by atoms with E-state index < -0.39 is 29.4 Å². The van der Waals surface area contributed by atoms with Crippen molar-refractivity contribution in [1.29, 1.82) is 0 Å². The van der Waals surface area contributed by atoms with Gasteiger partial charge in [-0.1, -0.05) is 25.3 Å². The fourth-order valence-corrected chi connectivity index (χ4v) is 2.73. The van der Waals surface area contributed by atoms with Crippen molar-refractivity contribution in [3.05, 3.63) is 65.9 Å². The van der Waals surface area contributed by atoms with Crippen molar-refractivity contribution in [3.63, 3.8) is 0 Å². The summed E-state index contributed by atoms with van der Waals surface area (Å²) in [4.78, 5) is 12.2. The van der Waals surface area contributed by atoms with E-state index in [4.69, 9.17) is 0 Å². The molecule has 0 radical (unpaired) electrons. The predicted molar refractivity (Wildman–Crippen MR) is 92.6 cm³/mol. The van der Waals surface area contributed by atoms with Crippen LogP contribution in [-0.2, 0) is 4.79 Å². The average Bonchev–Trinajstić information content (AvgIpc) is 2.92. The van der Waals surface area contributed by atoms with Gasteiger partial charge in [0.2, 0.25) is 5.91 Å². The lowest BCUT2D eigenvalue weighted by Gasteiger charge is -2.22. The Labute approximate surface area is 149 Å². The number of hydrogen-bond acceptors (Lipinski definition) is 2. The van der Waals surface area contributed by atoms with Crippen molar-refractivity contribution >= 4 is 11.6 Å². The second kappa shape index (κ2) is 7.35. The van der Waals surface area contributed by atoms with Gasteiger partial charge in [-0.3, -0.25) is 4.79 Å². The second-order valence-corrected chi connectivity index (χ2v) is 6.37. The minimum absolute atomic E-state index is 0.130. The maximum absolute atomic E-state index is 13.8. The zero-order valence-corrected chi connectivity index (χ0v) is 14.5. The van der Waals surface area contributed by atoms with Gasteiger partial charge in [-0.2, -0.15) is 0 Å². The smallest absolute Gasteiger partial charge is 0.266 e. The molecule has 2 atom stereocenters. The highest BCUT2D eigenvalue weighted by Crippen LogP contribution is 2.34. The van der Waals surface area contributed by atoms with E-state index in [9.17, 15) is 22.4 Å². The molecule has 3 nitrogen and oxygen atoms in total. The molecule has 1 aromatic carbocycles. The van der Waals surface area contributed by atoms with Gasteiger partial charge in [0.15, 0.2) is 11.6 Å². The van der Waals surface area contributed by atoms with E-state index in [-0.39, 0.29) is 29.4 Å². The second-order valence-electron chi connectivity index (χ2n) is 6.37. The van der Waals surface area contributed by atoms with E-state index in [0.29, 0.717) is 5.57 Å². The van der Waals surface area contributed by atoms with Gasteiger partial charge in [0, 0.05) is 25.1 Å². The Morgan fingerprint density at radius 3 is 2.62 bits per heavy atom. The highest BCUT2D eigenvalue weighted by molar-refractivity contribution is 5.85. The summed E-state index contributed by atoms with van der Waals surface area (Å²) in [5.74, 6) is -6.91. The van der Waals surface area contributed by atoms with E-state index in [2.05, 4.69) is 23.8 Å². The number of alkyl halides is 2. The Balaban J connectivity index is 2.23. The van der Waals surface area contributed by atoms with E-state index >= 15 is 0 Å². The molecule has 26 heavy (non-hydrogen) atoms. The molecule has 0 unspecified atom stereocenters. The number of carbonyl (C=O) groups is 1. The molecule has 2 N–H and O–H groups in total. The summed E-state index contributed by atoms with van der Waals surface area (Å²) >= 11 is 0. The third-order valence-electron chi connectivity index (χ3n) is 4.37. The topological polar surface area (TPSA) is 41.1 Å². The average molecular weight is 368 g/mol. The molecule has 1 heterocycles. The van der Waals surface area contributed by atoms with Crippen LogP contribution in [0.25, 0.3) is 0 Å². The van der Waals surface area contributed by atoms with Gasteiger partial charge in [0.25, 0.3) is 5.92 Å². The fourth-order valence-electron chi connectivity index (χ4n) is 2.73. The lowest BCUT2D eigenvalue weighted by Crippen LogP contribution is -2.25. The van der Waals surface area contributed by atoms with E-state index in [1.165, 1.54) is 25.1 Å². The van der Waals surface area contributed by atoms with Crippen molar-refractivity contribution in [3.8, 4) is 0 Å². The normalized spacial score (nSPS) is 20.7.